The van der Waals surface area contributed by atoms with E-state index >= 15 is 0 Å². The first kappa shape index (κ1) is 16.4. The molecule has 0 aliphatic carbocycles. The number of carboxylic acid groups (broad SMARTS) is 1. The van der Waals surface area contributed by atoms with E-state index in [0.29, 0.717) is 6.42 Å². The lowest BCUT2D eigenvalue weighted by atomic mass is 10.1. The lowest BCUT2D eigenvalue weighted by molar-refractivity contribution is -0.137. The van der Waals surface area contributed by atoms with Crippen LogP contribution in [0.1, 0.15) is 77.0 Å². The molecule has 0 saturated heterocycles. The van der Waals surface area contributed by atoms with Crippen molar-refractivity contribution >= 4 is 5.97 Å². The Morgan fingerprint density at radius 3 is 1.35 bits per heavy atom. The summed E-state index contributed by atoms with van der Waals surface area (Å²) in [6.07, 6.45) is 12.9. The minimum absolute atomic E-state index is 0.0797. The number of unbranched alkanes of at least 4 members (excludes halogenated alkanes) is 10. The molecule has 0 saturated carbocycles. The number of carbonyl (C=O) groups is 1. The van der Waals surface area contributed by atoms with Gasteiger partial charge in [-0.2, -0.15) is 0 Å². The van der Waals surface area contributed by atoms with Crippen molar-refractivity contribution in [1.29, 1.82) is 0 Å². The lowest BCUT2D eigenvalue weighted by Crippen LogP contribution is -1.93. The molecule has 1 N–H and O–H groups in total. The maximum absolute atomic E-state index is 10.3. The standard InChI is InChI=1S/C14H27O3/c15-13-11-9-7-5-3-1-2-4-6-8-10-12-14(16)17/h1-13H2,(H,16,17). The second-order valence-electron chi connectivity index (χ2n) is 4.74. The Labute approximate surface area is 105 Å². The van der Waals surface area contributed by atoms with E-state index in [1.165, 1.54) is 44.9 Å². The molecular weight excluding hydrogens is 216 g/mol. The Morgan fingerprint density at radius 1 is 0.647 bits per heavy atom. The molecular formula is C14H27O3. The largest absolute Gasteiger partial charge is 0.481 e. The van der Waals surface area contributed by atoms with Crippen molar-refractivity contribution in [3.8, 4) is 0 Å². The van der Waals surface area contributed by atoms with Gasteiger partial charge in [0.2, 0.25) is 0 Å². The summed E-state index contributed by atoms with van der Waals surface area (Å²) < 4.78 is 0. The van der Waals surface area contributed by atoms with E-state index in [4.69, 9.17) is 5.11 Å². The maximum atomic E-state index is 10.3. The molecule has 3 nitrogen and oxygen atoms in total. The van der Waals surface area contributed by atoms with Crippen molar-refractivity contribution in [2.45, 2.75) is 77.0 Å². The van der Waals surface area contributed by atoms with E-state index in [-0.39, 0.29) is 6.61 Å². The molecule has 0 aliphatic heterocycles. The number of rotatable bonds is 13. The molecule has 0 aromatic carbocycles. The highest BCUT2D eigenvalue weighted by Crippen LogP contribution is 2.11. The fraction of sp³-hybridized carbons (Fsp3) is 0.929. The van der Waals surface area contributed by atoms with Gasteiger partial charge < -0.3 is 5.11 Å². The van der Waals surface area contributed by atoms with Crippen LogP contribution in [0.25, 0.3) is 0 Å². The molecule has 0 heterocycles. The van der Waals surface area contributed by atoms with Gasteiger partial charge in [-0.1, -0.05) is 57.8 Å². The fourth-order valence-corrected chi connectivity index (χ4v) is 1.97. The number of hydrogen-bond donors (Lipinski definition) is 1. The van der Waals surface area contributed by atoms with Crippen molar-refractivity contribution in [2.24, 2.45) is 0 Å². The van der Waals surface area contributed by atoms with Crippen LogP contribution < -0.4 is 0 Å². The first-order chi connectivity index (χ1) is 8.27. The maximum Gasteiger partial charge on any atom is 0.303 e. The Balaban J connectivity index is 2.91. The van der Waals surface area contributed by atoms with Crippen LogP contribution in [-0.4, -0.2) is 17.7 Å². The van der Waals surface area contributed by atoms with Crippen LogP contribution in [0.2, 0.25) is 0 Å². The average molecular weight is 243 g/mol. The Morgan fingerprint density at radius 2 is 1.00 bits per heavy atom. The van der Waals surface area contributed by atoms with Crippen LogP contribution in [-0.2, 0) is 9.90 Å². The summed E-state index contributed by atoms with van der Waals surface area (Å²) in [4.78, 5) is 10.3. The molecule has 0 fully saturated rings. The summed E-state index contributed by atoms with van der Waals surface area (Å²) in [6.45, 7) is 0.0797. The minimum Gasteiger partial charge on any atom is -0.481 e. The van der Waals surface area contributed by atoms with Crippen molar-refractivity contribution in [3.63, 3.8) is 0 Å². The highest BCUT2D eigenvalue weighted by molar-refractivity contribution is 5.66. The predicted molar refractivity (Wildman–Crippen MR) is 68.6 cm³/mol. The molecule has 0 aliphatic rings. The summed E-state index contributed by atoms with van der Waals surface area (Å²) >= 11 is 0. The van der Waals surface area contributed by atoms with Crippen molar-refractivity contribution < 1.29 is 15.0 Å². The number of hydrogen-bond acceptors (Lipinski definition) is 1. The highest BCUT2D eigenvalue weighted by atomic mass is 16.4. The first-order valence-corrected chi connectivity index (χ1v) is 7.07. The summed E-state index contributed by atoms with van der Waals surface area (Å²) in [6, 6.07) is 0. The average Bonchev–Trinajstić information content (AvgIpc) is 2.30. The van der Waals surface area contributed by atoms with E-state index < -0.39 is 5.97 Å². The van der Waals surface area contributed by atoms with Gasteiger partial charge in [0.25, 0.3) is 0 Å². The second kappa shape index (κ2) is 13.5. The monoisotopic (exact) mass is 243 g/mol. The molecule has 0 aromatic rings. The van der Waals surface area contributed by atoms with Crippen LogP contribution in [0, 0.1) is 0 Å². The Bertz CT molecular complexity index is 169. The van der Waals surface area contributed by atoms with Gasteiger partial charge in [-0.15, -0.1) is 0 Å². The third-order valence-corrected chi connectivity index (χ3v) is 3.03. The van der Waals surface area contributed by atoms with Gasteiger partial charge in [0.15, 0.2) is 0 Å². The van der Waals surface area contributed by atoms with E-state index in [0.717, 1.165) is 25.7 Å². The third-order valence-electron chi connectivity index (χ3n) is 3.03. The second-order valence-corrected chi connectivity index (χ2v) is 4.74. The zero-order valence-electron chi connectivity index (χ0n) is 11.0. The summed E-state index contributed by atoms with van der Waals surface area (Å²) in [5, 5.41) is 18.7. The quantitative estimate of drug-likeness (QED) is 0.493. The summed E-state index contributed by atoms with van der Waals surface area (Å²) in [5.74, 6) is -0.678. The van der Waals surface area contributed by atoms with E-state index in [1.54, 1.807) is 0 Å². The van der Waals surface area contributed by atoms with Crippen LogP contribution in [0.5, 0.6) is 0 Å². The van der Waals surface area contributed by atoms with Gasteiger partial charge in [0.1, 0.15) is 0 Å². The van der Waals surface area contributed by atoms with E-state index in [2.05, 4.69) is 0 Å². The highest BCUT2D eigenvalue weighted by Gasteiger charge is 1.96. The van der Waals surface area contributed by atoms with Gasteiger partial charge in [-0.05, 0) is 12.8 Å². The predicted octanol–water partition coefficient (Wildman–Crippen LogP) is 4.18. The molecule has 0 unspecified atom stereocenters. The van der Waals surface area contributed by atoms with Crippen molar-refractivity contribution in [2.75, 3.05) is 6.61 Å². The molecule has 0 spiro atoms. The van der Waals surface area contributed by atoms with Crippen LogP contribution in [0.15, 0.2) is 0 Å². The summed E-state index contributed by atoms with van der Waals surface area (Å²) in [5.41, 5.74) is 0. The smallest absolute Gasteiger partial charge is 0.303 e. The zero-order valence-corrected chi connectivity index (χ0v) is 11.0. The number of carboxylic acids is 1. The van der Waals surface area contributed by atoms with Crippen LogP contribution in [0.3, 0.4) is 0 Å². The summed E-state index contributed by atoms with van der Waals surface area (Å²) in [7, 11) is 0. The van der Waals surface area contributed by atoms with Gasteiger partial charge >= 0.3 is 5.97 Å². The van der Waals surface area contributed by atoms with Crippen molar-refractivity contribution in [1.82, 2.24) is 0 Å². The fourth-order valence-electron chi connectivity index (χ4n) is 1.97. The van der Waals surface area contributed by atoms with Crippen LogP contribution >= 0.6 is 0 Å². The van der Waals surface area contributed by atoms with Gasteiger partial charge in [0.05, 0.1) is 6.61 Å². The van der Waals surface area contributed by atoms with Gasteiger partial charge in [-0.3, -0.25) is 4.79 Å². The first-order valence-electron chi connectivity index (χ1n) is 7.07. The molecule has 0 amide bonds. The number of aliphatic carboxylic acids is 1. The lowest BCUT2D eigenvalue weighted by Gasteiger charge is -2.01. The zero-order chi connectivity index (χ0) is 12.8. The van der Waals surface area contributed by atoms with E-state index in [9.17, 15) is 9.90 Å². The topological polar surface area (TPSA) is 57.2 Å². The molecule has 17 heavy (non-hydrogen) atoms. The molecule has 1 radical (unpaired) electrons. The Kier molecular flexibility index (Phi) is 13.0. The van der Waals surface area contributed by atoms with Gasteiger partial charge in [-0.25, -0.2) is 5.11 Å². The van der Waals surface area contributed by atoms with E-state index in [1.807, 2.05) is 0 Å². The molecule has 101 valence electrons. The third kappa shape index (κ3) is 15.4. The molecule has 0 rings (SSSR count). The Hall–Kier alpha value is -0.570. The van der Waals surface area contributed by atoms with Crippen LogP contribution in [0.4, 0.5) is 0 Å². The minimum atomic E-state index is -0.678. The van der Waals surface area contributed by atoms with Gasteiger partial charge in [0, 0.05) is 6.42 Å². The van der Waals surface area contributed by atoms with Crippen molar-refractivity contribution in [3.05, 3.63) is 0 Å². The molecule has 0 atom stereocenters. The SMILES string of the molecule is [O]CCCCCCCCCCCCCC(=O)O. The molecule has 0 aromatic heterocycles. The molecule has 3 heteroatoms. The normalized spacial score (nSPS) is 10.6. The molecule has 0 bridgehead atoms.